The molecule has 0 radical (unpaired) electrons. The minimum Gasteiger partial charge on any atom is -0.466 e. The van der Waals surface area contributed by atoms with Crippen LogP contribution in [0.1, 0.15) is 58.8 Å². The molecule has 1 rings (SSSR count). The number of hydrogen-bond acceptors (Lipinski definition) is 6. The van der Waals surface area contributed by atoms with E-state index in [4.69, 9.17) is 9.47 Å². The lowest BCUT2D eigenvalue weighted by Gasteiger charge is -2.31. The summed E-state index contributed by atoms with van der Waals surface area (Å²) in [4.78, 5) is 34.0. The number of rotatable bonds is 9. The summed E-state index contributed by atoms with van der Waals surface area (Å²) >= 11 is 0. The van der Waals surface area contributed by atoms with Crippen LogP contribution in [0.15, 0.2) is 0 Å². The number of ether oxygens (including phenoxy) is 2. The van der Waals surface area contributed by atoms with Crippen LogP contribution < -0.4 is 0 Å². The maximum Gasteiger partial charge on any atom is 0.313 e. The average Bonchev–Trinajstić information content (AvgIpc) is 2.37. The van der Waals surface area contributed by atoms with Gasteiger partial charge in [0, 0.05) is 12.8 Å². The average molecular weight is 314 g/mol. The maximum absolute atomic E-state index is 11.8. The van der Waals surface area contributed by atoms with E-state index in [0.29, 0.717) is 6.42 Å². The first kappa shape index (κ1) is 18.8. The van der Waals surface area contributed by atoms with Gasteiger partial charge in [0.15, 0.2) is 0 Å². The third-order valence-electron chi connectivity index (χ3n) is 3.60. The number of hydrogen-bond donors (Lipinski definition) is 1. The maximum atomic E-state index is 11.8. The van der Waals surface area contributed by atoms with Crippen molar-refractivity contribution in [1.82, 2.24) is 0 Å². The van der Waals surface area contributed by atoms with E-state index in [9.17, 15) is 19.5 Å². The molecule has 0 spiro atoms. The van der Waals surface area contributed by atoms with Crippen molar-refractivity contribution in [2.75, 3.05) is 6.61 Å². The molecule has 0 aliphatic carbocycles. The van der Waals surface area contributed by atoms with Gasteiger partial charge in [0.05, 0.1) is 24.9 Å². The van der Waals surface area contributed by atoms with Gasteiger partial charge in [0.25, 0.3) is 0 Å². The molecule has 1 heterocycles. The summed E-state index contributed by atoms with van der Waals surface area (Å²) in [6.07, 6.45) is 1.96. The van der Waals surface area contributed by atoms with E-state index in [1.807, 2.05) is 0 Å². The third-order valence-corrected chi connectivity index (χ3v) is 3.60. The van der Waals surface area contributed by atoms with E-state index in [2.05, 4.69) is 0 Å². The monoisotopic (exact) mass is 314 g/mol. The lowest BCUT2D eigenvalue weighted by Crippen LogP contribution is -2.32. The van der Waals surface area contributed by atoms with Gasteiger partial charge in [-0.15, -0.1) is 0 Å². The standard InChI is InChI=1S/C16H26O6/c1-3-21-16(20)10-13(19)9-15-6-4-5-14(22-15)8-12(18)7-11(2)17/h12,14-15,18H,3-10H2,1-2H3/t12-,14-,15+/m0/s1. The Kier molecular flexibility index (Phi) is 8.27. The van der Waals surface area contributed by atoms with Gasteiger partial charge in [0.2, 0.25) is 0 Å². The molecule has 0 amide bonds. The molecule has 126 valence electrons. The van der Waals surface area contributed by atoms with Crippen molar-refractivity contribution in [3.05, 3.63) is 0 Å². The number of aliphatic hydroxyl groups excluding tert-OH is 1. The minimum atomic E-state index is -0.698. The zero-order valence-electron chi connectivity index (χ0n) is 13.4. The van der Waals surface area contributed by atoms with Crippen LogP contribution in [0, 0.1) is 0 Å². The molecule has 0 aromatic rings. The van der Waals surface area contributed by atoms with E-state index in [1.54, 1.807) is 6.92 Å². The lowest BCUT2D eigenvalue weighted by molar-refractivity contribution is -0.146. The molecule has 1 fully saturated rings. The van der Waals surface area contributed by atoms with Crippen LogP contribution >= 0.6 is 0 Å². The van der Waals surface area contributed by atoms with E-state index in [1.165, 1.54) is 6.92 Å². The Morgan fingerprint density at radius 2 is 1.95 bits per heavy atom. The first-order valence-electron chi connectivity index (χ1n) is 7.91. The molecule has 1 saturated heterocycles. The summed E-state index contributed by atoms with van der Waals surface area (Å²) < 4.78 is 10.6. The van der Waals surface area contributed by atoms with Crippen LogP contribution in [-0.4, -0.2) is 47.6 Å². The Morgan fingerprint density at radius 1 is 1.27 bits per heavy atom. The SMILES string of the molecule is CCOC(=O)CC(=O)C[C@H]1CCC[C@@H](C[C@@H](O)CC(C)=O)O1. The molecule has 0 bridgehead atoms. The van der Waals surface area contributed by atoms with Gasteiger partial charge in [-0.2, -0.15) is 0 Å². The smallest absolute Gasteiger partial charge is 0.313 e. The molecule has 6 nitrogen and oxygen atoms in total. The highest BCUT2D eigenvalue weighted by Crippen LogP contribution is 2.25. The largest absolute Gasteiger partial charge is 0.466 e. The van der Waals surface area contributed by atoms with E-state index < -0.39 is 12.1 Å². The quantitative estimate of drug-likeness (QED) is 0.513. The Morgan fingerprint density at radius 3 is 2.59 bits per heavy atom. The van der Waals surface area contributed by atoms with E-state index >= 15 is 0 Å². The molecule has 0 unspecified atom stereocenters. The van der Waals surface area contributed by atoms with Crippen molar-refractivity contribution in [2.24, 2.45) is 0 Å². The molecule has 3 atom stereocenters. The van der Waals surface area contributed by atoms with Gasteiger partial charge in [-0.3, -0.25) is 14.4 Å². The van der Waals surface area contributed by atoms with Crippen LogP contribution in [0.25, 0.3) is 0 Å². The fraction of sp³-hybridized carbons (Fsp3) is 0.812. The Hall–Kier alpha value is -1.27. The second-order valence-corrected chi connectivity index (χ2v) is 5.83. The zero-order valence-corrected chi connectivity index (χ0v) is 13.4. The lowest BCUT2D eigenvalue weighted by atomic mass is 9.96. The van der Waals surface area contributed by atoms with Crippen LogP contribution in [0.3, 0.4) is 0 Å². The van der Waals surface area contributed by atoms with Crippen molar-refractivity contribution in [1.29, 1.82) is 0 Å². The molecule has 6 heteroatoms. The molecule has 22 heavy (non-hydrogen) atoms. The highest BCUT2D eigenvalue weighted by molar-refractivity contribution is 5.95. The molecule has 0 aromatic heterocycles. The first-order valence-corrected chi connectivity index (χ1v) is 7.91. The predicted octanol–water partition coefficient (Wildman–Crippen LogP) is 1.57. The molecule has 1 aliphatic heterocycles. The number of esters is 1. The van der Waals surface area contributed by atoms with Crippen molar-refractivity contribution in [2.45, 2.75) is 77.1 Å². The second-order valence-electron chi connectivity index (χ2n) is 5.83. The predicted molar refractivity (Wildman–Crippen MR) is 79.3 cm³/mol. The van der Waals surface area contributed by atoms with Crippen molar-refractivity contribution in [3.63, 3.8) is 0 Å². The number of Topliss-reactive ketones (excluding diaryl/α,β-unsaturated/α-hetero) is 2. The molecular weight excluding hydrogens is 288 g/mol. The normalized spacial score (nSPS) is 22.9. The molecule has 0 aromatic carbocycles. The number of carbonyl (C=O) groups is 3. The zero-order chi connectivity index (χ0) is 16.5. The minimum absolute atomic E-state index is 0.0514. The number of carbonyl (C=O) groups excluding carboxylic acids is 3. The highest BCUT2D eigenvalue weighted by Gasteiger charge is 2.27. The van der Waals surface area contributed by atoms with Gasteiger partial charge in [-0.1, -0.05) is 0 Å². The van der Waals surface area contributed by atoms with Crippen LogP contribution in [-0.2, 0) is 23.9 Å². The fourth-order valence-electron chi connectivity index (χ4n) is 2.72. The summed E-state index contributed by atoms with van der Waals surface area (Å²) in [5.41, 5.74) is 0. The van der Waals surface area contributed by atoms with Crippen molar-refractivity contribution in [3.8, 4) is 0 Å². The van der Waals surface area contributed by atoms with Gasteiger partial charge in [-0.05, 0) is 39.5 Å². The summed E-state index contributed by atoms with van der Waals surface area (Å²) in [5, 5.41) is 9.79. The van der Waals surface area contributed by atoms with Crippen LogP contribution in [0.5, 0.6) is 0 Å². The molecular formula is C16H26O6. The topological polar surface area (TPSA) is 89.9 Å². The van der Waals surface area contributed by atoms with Crippen LogP contribution in [0.2, 0.25) is 0 Å². The summed E-state index contributed by atoms with van der Waals surface area (Å²) in [6, 6.07) is 0. The highest BCUT2D eigenvalue weighted by atomic mass is 16.5. The summed E-state index contributed by atoms with van der Waals surface area (Å²) in [6.45, 7) is 3.41. The summed E-state index contributed by atoms with van der Waals surface area (Å²) in [7, 11) is 0. The Bertz CT molecular complexity index is 392. The van der Waals surface area contributed by atoms with Crippen LogP contribution in [0.4, 0.5) is 0 Å². The molecule has 0 saturated carbocycles. The van der Waals surface area contributed by atoms with E-state index in [-0.39, 0.29) is 49.6 Å². The molecule has 1 aliphatic rings. The first-order chi connectivity index (χ1) is 10.4. The third kappa shape index (κ3) is 7.66. The van der Waals surface area contributed by atoms with Crippen molar-refractivity contribution < 1.29 is 29.0 Å². The van der Waals surface area contributed by atoms with Gasteiger partial charge in [0.1, 0.15) is 18.0 Å². The molecule has 1 N–H and O–H groups in total. The second kappa shape index (κ2) is 9.69. The summed E-state index contributed by atoms with van der Waals surface area (Å²) in [5.74, 6) is -0.741. The van der Waals surface area contributed by atoms with E-state index in [0.717, 1.165) is 19.3 Å². The van der Waals surface area contributed by atoms with Gasteiger partial charge >= 0.3 is 5.97 Å². The Balaban J connectivity index is 2.35. The van der Waals surface area contributed by atoms with Gasteiger partial charge < -0.3 is 14.6 Å². The number of aliphatic hydroxyl groups is 1. The number of ketones is 2. The van der Waals surface area contributed by atoms with Crippen molar-refractivity contribution >= 4 is 17.5 Å². The van der Waals surface area contributed by atoms with Gasteiger partial charge in [-0.25, -0.2) is 0 Å². The fourth-order valence-corrected chi connectivity index (χ4v) is 2.72. The Labute approximate surface area is 131 Å².